The van der Waals surface area contributed by atoms with Gasteiger partial charge in [-0.3, -0.25) is 9.59 Å². The summed E-state index contributed by atoms with van der Waals surface area (Å²) in [7, 11) is 0. The molecule has 88 valence electrons. The summed E-state index contributed by atoms with van der Waals surface area (Å²) in [6.45, 7) is 0.444. The number of nitrogens with one attached hydrogen (secondary N) is 1. The van der Waals surface area contributed by atoms with Crippen molar-refractivity contribution in [3.8, 4) is 0 Å². The molecular weight excluding hydrogens is 278 g/mol. The Hall–Kier alpha value is -1.30. The minimum Gasteiger partial charge on any atom is -0.481 e. The van der Waals surface area contributed by atoms with Crippen molar-refractivity contribution < 1.29 is 19.1 Å². The summed E-state index contributed by atoms with van der Waals surface area (Å²) in [4.78, 5) is 21.7. The second kappa shape index (κ2) is 6.32. The van der Waals surface area contributed by atoms with Gasteiger partial charge in [-0.25, -0.2) is 0 Å². The lowest BCUT2D eigenvalue weighted by molar-refractivity contribution is -0.137. The summed E-state index contributed by atoms with van der Waals surface area (Å²) in [6, 6.07) is 1.64. The monoisotopic (exact) mass is 289 g/mol. The normalized spacial score (nSPS) is 10.1. The molecule has 1 amide bonds. The molecule has 0 aliphatic rings. The van der Waals surface area contributed by atoms with Crippen LogP contribution in [-0.4, -0.2) is 23.5 Å². The Morgan fingerprint density at radius 2 is 2.19 bits per heavy atom. The Labute approximate surface area is 101 Å². The van der Waals surface area contributed by atoms with E-state index in [-0.39, 0.29) is 18.1 Å². The zero-order valence-electron chi connectivity index (χ0n) is 8.53. The van der Waals surface area contributed by atoms with Crippen LogP contribution in [0.1, 0.15) is 29.8 Å². The lowest BCUT2D eigenvalue weighted by atomic mass is 10.2. The molecule has 0 spiro atoms. The van der Waals surface area contributed by atoms with E-state index in [1.807, 2.05) is 0 Å². The number of amides is 1. The van der Waals surface area contributed by atoms with Crippen molar-refractivity contribution >= 4 is 27.8 Å². The molecule has 0 aromatic carbocycles. The van der Waals surface area contributed by atoms with Crippen molar-refractivity contribution in [2.24, 2.45) is 0 Å². The van der Waals surface area contributed by atoms with E-state index in [0.717, 1.165) is 0 Å². The molecule has 0 unspecified atom stereocenters. The summed E-state index contributed by atoms with van der Waals surface area (Å²) < 4.78 is 5.58. The van der Waals surface area contributed by atoms with Crippen molar-refractivity contribution in [3.63, 3.8) is 0 Å². The van der Waals surface area contributed by atoms with Gasteiger partial charge in [0.25, 0.3) is 5.91 Å². The molecule has 5 nitrogen and oxygen atoms in total. The van der Waals surface area contributed by atoms with Gasteiger partial charge in [0, 0.05) is 13.0 Å². The number of hydrogen-bond donors (Lipinski definition) is 2. The Kier molecular flexibility index (Phi) is 5.04. The van der Waals surface area contributed by atoms with Crippen LogP contribution in [0.15, 0.2) is 21.2 Å². The number of hydrogen-bond acceptors (Lipinski definition) is 3. The molecule has 16 heavy (non-hydrogen) atoms. The van der Waals surface area contributed by atoms with Gasteiger partial charge in [-0.1, -0.05) is 0 Å². The van der Waals surface area contributed by atoms with Gasteiger partial charge in [-0.2, -0.15) is 0 Å². The van der Waals surface area contributed by atoms with E-state index < -0.39 is 5.97 Å². The molecule has 0 bridgehead atoms. The van der Waals surface area contributed by atoms with Gasteiger partial charge in [0.1, 0.15) is 0 Å². The maximum atomic E-state index is 11.5. The maximum Gasteiger partial charge on any atom is 0.303 e. The van der Waals surface area contributed by atoms with Crippen LogP contribution in [0.5, 0.6) is 0 Å². The second-order valence-corrected chi connectivity index (χ2v) is 4.06. The van der Waals surface area contributed by atoms with Crippen LogP contribution in [0.25, 0.3) is 0 Å². The highest BCUT2D eigenvalue weighted by atomic mass is 79.9. The molecule has 1 aromatic rings. The standard InChI is InChI=1S/C10H12BrNO4/c11-7-4-6-16-9(7)10(15)12-5-2-1-3-8(13)14/h4,6H,1-3,5H2,(H,12,15)(H,13,14). The Bertz CT molecular complexity index is 375. The highest BCUT2D eigenvalue weighted by Gasteiger charge is 2.12. The maximum absolute atomic E-state index is 11.5. The number of carboxylic acids is 1. The average Bonchev–Trinajstić information content (AvgIpc) is 2.63. The van der Waals surface area contributed by atoms with Crippen molar-refractivity contribution in [2.75, 3.05) is 6.54 Å². The molecular formula is C10H12BrNO4. The molecule has 0 atom stereocenters. The van der Waals surface area contributed by atoms with Crippen molar-refractivity contribution in [2.45, 2.75) is 19.3 Å². The van der Waals surface area contributed by atoms with Crippen LogP contribution in [0.2, 0.25) is 0 Å². The third-order valence-electron chi connectivity index (χ3n) is 1.93. The fraction of sp³-hybridized carbons (Fsp3) is 0.400. The van der Waals surface area contributed by atoms with E-state index in [1.165, 1.54) is 6.26 Å². The van der Waals surface area contributed by atoms with Crippen LogP contribution in [0, 0.1) is 0 Å². The zero-order valence-corrected chi connectivity index (χ0v) is 10.1. The minimum atomic E-state index is -0.819. The Balaban J connectivity index is 2.21. The number of carboxylic acid groups (broad SMARTS) is 1. The molecule has 0 aliphatic carbocycles. The van der Waals surface area contributed by atoms with Crippen LogP contribution in [0.4, 0.5) is 0 Å². The zero-order chi connectivity index (χ0) is 12.0. The first-order valence-corrected chi connectivity index (χ1v) is 5.63. The quantitative estimate of drug-likeness (QED) is 0.786. The number of halogens is 1. The lowest BCUT2D eigenvalue weighted by Crippen LogP contribution is -2.24. The molecule has 1 heterocycles. The third-order valence-corrected chi connectivity index (χ3v) is 2.55. The van der Waals surface area contributed by atoms with Crippen LogP contribution >= 0.6 is 15.9 Å². The average molecular weight is 290 g/mol. The van der Waals surface area contributed by atoms with Gasteiger partial charge >= 0.3 is 5.97 Å². The van der Waals surface area contributed by atoms with Crippen molar-refractivity contribution in [1.29, 1.82) is 0 Å². The first-order valence-electron chi connectivity index (χ1n) is 4.84. The van der Waals surface area contributed by atoms with E-state index >= 15 is 0 Å². The number of aliphatic carboxylic acids is 1. The van der Waals surface area contributed by atoms with Crippen LogP contribution in [0.3, 0.4) is 0 Å². The largest absolute Gasteiger partial charge is 0.481 e. The molecule has 0 radical (unpaired) electrons. The Morgan fingerprint density at radius 3 is 2.75 bits per heavy atom. The Morgan fingerprint density at radius 1 is 1.44 bits per heavy atom. The van der Waals surface area contributed by atoms with Crippen LogP contribution in [-0.2, 0) is 4.79 Å². The number of carbonyl (C=O) groups is 2. The summed E-state index contributed by atoms with van der Waals surface area (Å²) in [5.74, 6) is -0.884. The lowest BCUT2D eigenvalue weighted by Gasteiger charge is -2.02. The van der Waals surface area contributed by atoms with Gasteiger partial charge < -0.3 is 14.8 Å². The topological polar surface area (TPSA) is 79.5 Å². The van der Waals surface area contributed by atoms with E-state index in [2.05, 4.69) is 21.2 Å². The fourth-order valence-electron chi connectivity index (χ4n) is 1.14. The first kappa shape index (κ1) is 12.8. The number of furan rings is 1. The molecule has 0 saturated carbocycles. The van der Waals surface area contributed by atoms with Crippen molar-refractivity contribution in [3.05, 3.63) is 22.6 Å². The first-order chi connectivity index (χ1) is 7.61. The molecule has 0 aliphatic heterocycles. The fourth-order valence-corrected chi connectivity index (χ4v) is 1.52. The van der Waals surface area contributed by atoms with Crippen molar-refractivity contribution in [1.82, 2.24) is 5.32 Å². The SMILES string of the molecule is O=C(O)CCCCNC(=O)c1occc1Br. The summed E-state index contributed by atoms with van der Waals surface area (Å²) >= 11 is 3.18. The van der Waals surface area contributed by atoms with E-state index in [4.69, 9.17) is 9.52 Å². The molecule has 0 fully saturated rings. The predicted molar refractivity (Wildman–Crippen MR) is 60.2 cm³/mol. The molecule has 2 N–H and O–H groups in total. The van der Waals surface area contributed by atoms with Gasteiger partial charge in [0.2, 0.25) is 5.76 Å². The minimum absolute atomic E-state index is 0.125. The van der Waals surface area contributed by atoms with E-state index in [1.54, 1.807) is 6.07 Å². The van der Waals surface area contributed by atoms with Gasteiger partial charge in [-0.05, 0) is 34.8 Å². The molecule has 6 heteroatoms. The van der Waals surface area contributed by atoms with Gasteiger partial charge in [0.05, 0.1) is 10.7 Å². The number of rotatable bonds is 6. The predicted octanol–water partition coefficient (Wildman–Crippen LogP) is 2.03. The van der Waals surface area contributed by atoms with Crippen LogP contribution < -0.4 is 5.32 Å². The molecule has 1 rings (SSSR count). The highest BCUT2D eigenvalue weighted by Crippen LogP contribution is 2.16. The molecule has 1 aromatic heterocycles. The molecule has 0 saturated heterocycles. The number of unbranched alkanes of at least 4 members (excludes halogenated alkanes) is 1. The smallest absolute Gasteiger partial charge is 0.303 e. The van der Waals surface area contributed by atoms with E-state index in [0.29, 0.717) is 23.9 Å². The highest BCUT2D eigenvalue weighted by molar-refractivity contribution is 9.10. The second-order valence-electron chi connectivity index (χ2n) is 3.20. The van der Waals surface area contributed by atoms with Gasteiger partial charge in [0.15, 0.2) is 0 Å². The summed E-state index contributed by atoms with van der Waals surface area (Å²) in [6.07, 6.45) is 2.73. The van der Waals surface area contributed by atoms with Gasteiger partial charge in [-0.15, -0.1) is 0 Å². The summed E-state index contributed by atoms with van der Waals surface area (Å²) in [5, 5.41) is 11.0. The third kappa shape index (κ3) is 4.06. The van der Waals surface area contributed by atoms with E-state index in [9.17, 15) is 9.59 Å². The summed E-state index contributed by atoms with van der Waals surface area (Å²) in [5.41, 5.74) is 0. The number of carbonyl (C=O) groups excluding carboxylic acids is 1.